The van der Waals surface area contributed by atoms with Crippen molar-refractivity contribution in [2.24, 2.45) is 5.10 Å². The molecule has 0 bridgehead atoms. The first-order chi connectivity index (χ1) is 13.4. The van der Waals surface area contributed by atoms with Crippen molar-refractivity contribution < 1.29 is 32.3 Å². The standard InChI is InChI=1S/C16H16F3N5O4/c17-12-5-10(1-2-13(12)22-3-4-23(9-25)21-8-22)24-7-11(28-16(24)27)6-20-15(26)14(18)19/h1-2,5,8-9,11,14H,3-4,6-7H2,(H,20,26). The van der Waals surface area contributed by atoms with Gasteiger partial charge in [0.25, 0.3) is 5.91 Å². The Balaban J connectivity index is 1.66. The zero-order valence-electron chi connectivity index (χ0n) is 14.4. The van der Waals surface area contributed by atoms with Gasteiger partial charge < -0.3 is 15.0 Å². The summed E-state index contributed by atoms with van der Waals surface area (Å²) in [7, 11) is 0. The first-order valence-electron chi connectivity index (χ1n) is 8.25. The van der Waals surface area contributed by atoms with E-state index in [0.717, 1.165) is 11.0 Å². The van der Waals surface area contributed by atoms with E-state index in [0.29, 0.717) is 19.5 Å². The summed E-state index contributed by atoms with van der Waals surface area (Å²) in [5.41, 5.74) is 0.434. The number of hydrogen-bond acceptors (Lipinski definition) is 6. The van der Waals surface area contributed by atoms with E-state index in [1.54, 1.807) is 0 Å². The number of alkyl halides is 2. The number of halogens is 3. The number of amides is 3. The van der Waals surface area contributed by atoms with E-state index in [2.05, 4.69) is 5.10 Å². The number of carbonyl (C=O) groups is 3. The molecule has 1 unspecified atom stereocenters. The van der Waals surface area contributed by atoms with Crippen LogP contribution in [0.2, 0.25) is 0 Å². The van der Waals surface area contributed by atoms with Crippen molar-refractivity contribution in [2.45, 2.75) is 12.5 Å². The van der Waals surface area contributed by atoms with Crippen molar-refractivity contribution in [2.75, 3.05) is 36.0 Å². The minimum absolute atomic E-state index is 0.0272. The molecule has 9 nitrogen and oxygen atoms in total. The maximum absolute atomic E-state index is 14.5. The minimum atomic E-state index is -3.16. The number of nitrogens with zero attached hydrogens (tertiary/aromatic N) is 4. The third-order valence-electron chi connectivity index (χ3n) is 4.16. The summed E-state index contributed by atoms with van der Waals surface area (Å²) in [6.45, 7) is 0.339. The third kappa shape index (κ3) is 4.15. The molecule has 3 amide bonds. The molecule has 1 atom stereocenters. The largest absolute Gasteiger partial charge is 0.442 e. The fourth-order valence-electron chi connectivity index (χ4n) is 2.74. The van der Waals surface area contributed by atoms with Gasteiger partial charge in [0.15, 0.2) is 0 Å². The molecule has 150 valence electrons. The van der Waals surface area contributed by atoms with Crippen LogP contribution in [0.3, 0.4) is 0 Å². The van der Waals surface area contributed by atoms with Gasteiger partial charge in [-0.3, -0.25) is 14.5 Å². The number of carbonyl (C=O) groups excluding carboxylic acids is 3. The average molecular weight is 399 g/mol. The number of ether oxygens (including phenoxy) is 1. The fraction of sp³-hybridized carbons (Fsp3) is 0.375. The lowest BCUT2D eigenvalue weighted by atomic mass is 10.2. The van der Waals surface area contributed by atoms with E-state index in [1.807, 2.05) is 5.32 Å². The monoisotopic (exact) mass is 399 g/mol. The van der Waals surface area contributed by atoms with Crippen LogP contribution in [0.1, 0.15) is 0 Å². The van der Waals surface area contributed by atoms with Gasteiger partial charge in [0.1, 0.15) is 18.3 Å². The summed E-state index contributed by atoms with van der Waals surface area (Å²) < 4.78 is 43.9. The van der Waals surface area contributed by atoms with Gasteiger partial charge in [-0.2, -0.15) is 13.9 Å². The molecule has 0 aromatic heterocycles. The Bertz CT molecular complexity index is 806. The summed E-state index contributed by atoms with van der Waals surface area (Å²) in [5.74, 6) is -2.08. The topological polar surface area (TPSA) is 94.5 Å². The summed E-state index contributed by atoms with van der Waals surface area (Å²) in [6, 6.07) is 4.09. The van der Waals surface area contributed by atoms with E-state index in [4.69, 9.17) is 4.74 Å². The molecule has 1 aromatic carbocycles. The molecular weight excluding hydrogens is 383 g/mol. The van der Waals surface area contributed by atoms with Crippen molar-refractivity contribution in [3.05, 3.63) is 24.0 Å². The quantitative estimate of drug-likeness (QED) is 0.713. The second kappa shape index (κ2) is 8.15. The van der Waals surface area contributed by atoms with Crippen LogP contribution in [-0.4, -0.2) is 68.5 Å². The van der Waals surface area contributed by atoms with Crippen LogP contribution in [-0.2, 0) is 14.3 Å². The fourth-order valence-corrected chi connectivity index (χ4v) is 2.74. The molecule has 0 saturated carbocycles. The van der Waals surface area contributed by atoms with Crippen LogP contribution in [0.4, 0.5) is 29.3 Å². The van der Waals surface area contributed by atoms with Crippen molar-refractivity contribution in [3.63, 3.8) is 0 Å². The SMILES string of the molecule is O=CN1CCN(c2ccc(N3CC(CNC(=O)C(F)F)OC3=O)cc2F)C=N1. The van der Waals surface area contributed by atoms with Crippen molar-refractivity contribution in [3.8, 4) is 0 Å². The number of anilines is 2. The Kier molecular flexibility index (Phi) is 5.66. The van der Waals surface area contributed by atoms with Gasteiger partial charge in [-0.05, 0) is 18.2 Å². The summed E-state index contributed by atoms with van der Waals surface area (Å²) in [4.78, 5) is 36.2. The number of cyclic esters (lactones) is 1. The molecule has 3 rings (SSSR count). The van der Waals surface area contributed by atoms with Crippen LogP contribution in [0.25, 0.3) is 0 Å². The normalized spacial score (nSPS) is 19.2. The Morgan fingerprint density at radius 1 is 1.39 bits per heavy atom. The highest BCUT2D eigenvalue weighted by Crippen LogP contribution is 2.28. The molecule has 2 heterocycles. The number of hydrogen-bond donors (Lipinski definition) is 1. The van der Waals surface area contributed by atoms with E-state index >= 15 is 0 Å². The van der Waals surface area contributed by atoms with Gasteiger partial charge in [0.05, 0.1) is 31.0 Å². The zero-order valence-corrected chi connectivity index (χ0v) is 14.4. The number of nitrogens with one attached hydrogen (secondary N) is 1. The summed E-state index contributed by atoms with van der Waals surface area (Å²) >= 11 is 0. The Hall–Kier alpha value is -3.31. The van der Waals surface area contributed by atoms with Crippen LogP contribution in [0, 0.1) is 5.82 Å². The number of benzene rings is 1. The molecule has 0 radical (unpaired) electrons. The molecule has 0 aliphatic carbocycles. The van der Waals surface area contributed by atoms with Crippen molar-refractivity contribution >= 4 is 36.1 Å². The number of hydrazone groups is 1. The third-order valence-corrected chi connectivity index (χ3v) is 4.16. The second-order valence-electron chi connectivity index (χ2n) is 5.99. The van der Waals surface area contributed by atoms with Crippen LogP contribution >= 0.6 is 0 Å². The lowest BCUT2D eigenvalue weighted by molar-refractivity contribution is -0.132. The zero-order chi connectivity index (χ0) is 20.3. The van der Waals surface area contributed by atoms with Crippen LogP contribution in [0.15, 0.2) is 23.3 Å². The summed E-state index contributed by atoms with van der Waals surface area (Å²) in [6.07, 6.45) is -2.88. The molecule has 12 heteroatoms. The van der Waals surface area contributed by atoms with Gasteiger partial charge in [0.2, 0.25) is 6.41 Å². The molecule has 0 spiro atoms. The molecule has 2 aliphatic heterocycles. The maximum Gasteiger partial charge on any atom is 0.414 e. The van der Waals surface area contributed by atoms with E-state index < -0.39 is 30.3 Å². The Morgan fingerprint density at radius 2 is 2.18 bits per heavy atom. The molecule has 1 N–H and O–H groups in total. The van der Waals surface area contributed by atoms with Gasteiger partial charge >= 0.3 is 12.5 Å². The summed E-state index contributed by atoms with van der Waals surface area (Å²) in [5, 5.41) is 6.99. The molecular formula is C16H16F3N5O4. The van der Waals surface area contributed by atoms with Gasteiger partial charge in [-0.15, -0.1) is 0 Å². The molecule has 1 fully saturated rings. The smallest absolute Gasteiger partial charge is 0.414 e. The second-order valence-corrected chi connectivity index (χ2v) is 5.99. The highest BCUT2D eigenvalue weighted by atomic mass is 19.3. The van der Waals surface area contributed by atoms with Gasteiger partial charge in [0, 0.05) is 6.54 Å². The first-order valence-corrected chi connectivity index (χ1v) is 8.25. The lowest BCUT2D eigenvalue weighted by Crippen LogP contribution is -2.38. The molecule has 2 aliphatic rings. The Morgan fingerprint density at radius 3 is 2.79 bits per heavy atom. The lowest BCUT2D eigenvalue weighted by Gasteiger charge is -2.27. The maximum atomic E-state index is 14.5. The van der Waals surface area contributed by atoms with Gasteiger partial charge in [-0.25, -0.2) is 14.2 Å². The molecule has 28 heavy (non-hydrogen) atoms. The van der Waals surface area contributed by atoms with Gasteiger partial charge in [-0.1, -0.05) is 0 Å². The van der Waals surface area contributed by atoms with E-state index in [1.165, 1.54) is 28.4 Å². The van der Waals surface area contributed by atoms with E-state index in [-0.39, 0.29) is 24.5 Å². The minimum Gasteiger partial charge on any atom is -0.442 e. The predicted molar refractivity (Wildman–Crippen MR) is 91.6 cm³/mol. The molecule has 1 aromatic rings. The first kappa shape index (κ1) is 19.5. The van der Waals surface area contributed by atoms with E-state index in [9.17, 15) is 27.6 Å². The van der Waals surface area contributed by atoms with Crippen LogP contribution in [0.5, 0.6) is 0 Å². The highest BCUT2D eigenvalue weighted by Gasteiger charge is 2.33. The predicted octanol–water partition coefficient (Wildman–Crippen LogP) is 0.754. The highest BCUT2D eigenvalue weighted by molar-refractivity contribution is 5.90. The van der Waals surface area contributed by atoms with Crippen molar-refractivity contribution in [1.82, 2.24) is 10.3 Å². The average Bonchev–Trinajstić information content (AvgIpc) is 3.06. The number of rotatable bonds is 6. The Labute approximate surface area is 157 Å². The molecule has 1 saturated heterocycles. The van der Waals surface area contributed by atoms with Crippen molar-refractivity contribution in [1.29, 1.82) is 0 Å². The van der Waals surface area contributed by atoms with Crippen LogP contribution < -0.4 is 15.1 Å².